The lowest BCUT2D eigenvalue weighted by Crippen LogP contribution is -2.28. The van der Waals surface area contributed by atoms with Gasteiger partial charge in [-0.25, -0.2) is 0 Å². The van der Waals surface area contributed by atoms with E-state index in [-0.39, 0.29) is 19.3 Å². The second-order valence-corrected chi connectivity index (χ2v) is 7.99. The molecule has 0 saturated heterocycles. The maximum atomic E-state index is 13.3. The quantitative estimate of drug-likeness (QED) is 0.658. The molecule has 5 heteroatoms. The number of amides is 1. The number of hydrogen-bond acceptors (Lipinski definition) is 4. The van der Waals surface area contributed by atoms with Crippen LogP contribution in [0.1, 0.15) is 29.5 Å². The lowest BCUT2D eigenvalue weighted by Gasteiger charge is -2.18. The van der Waals surface area contributed by atoms with Crippen LogP contribution in [-0.2, 0) is 16.8 Å². The van der Waals surface area contributed by atoms with Crippen LogP contribution in [0.5, 0.6) is 11.5 Å². The van der Waals surface area contributed by atoms with Gasteiger partial charge in [-0.1, -0.05) is 42.5 Å². The summed E-state index contributed by atoms with van der Waals surface area (Å²) >= 11 is 0. The smallest absolute Gasteiger partial charge is 0.235 e. The van der Waals surface area contributed by atoms with Crippen LogP contribution in [0.25, 0.3) is 11.1 Å². The first kappa shape index (κ1) is 18.7. The van der Waals surface area contributed by atoms with E-state index in [0.29, 0.717) is 5.75 Å². The number of fused-ring (bicyclic) bond motifs is 1. The Morgan fingerprint density at radius 1 is 0.967 bits per heavy atom. The Kier molecular flexibility index (Phi) is 4.48. The second-order valence-electron chi connectivity index (χ2n) is 7.99. The van der Waals surface area contributed by atoms with Crippen molar-refractivity contribution in [3.63, 3.8) is 0 Å². The highest BCUT2D eigenvalue weighted by Gasteiger charge is 2.51. The lowest BCUT2D eigenvalue weighted by molar-refractivity contribution is -0.118. The van der Waals surface area contributed by atoms with Crippen LogP contribution in [0.2, 0.25) is 0 Å². The maximum absolute atomic E-state index is 13.3. The van der Waals surface area contributed by atoms with Crippen molar-refractivity contribution in [1.29, 1.82) is 0 Å². The third-order valence-corrected chi connectivity index (χ3v) is 6.07. The van der Waals surface area contributed by atoms with E-state index in [4.69, 9.17) is 9.47 Å². The Morgan fingerprint density at radius 3 is 2.43 bits per heavy atom. The van der Waals surface area contributed by atoms with Gasteiger partial charge in [0.25, 0.3) is 0 Å². The summed E-state index contributed by atoms with van der Waals surface area (Å²) in [5, 5.41) is 12.4. The molecular weight excluding hydrogens is 378 g/mol. The number of aryl methyl sites for hydroxylation is 1. The normalized spacial score (nSPS) is 15.7. The number of carbonyl (C=O) groups excluding carboxylic acids is 1. The van der Waals surface area contributed by atoms with E-state index in [1.54, 1.807) is 0 Å². The van der Waals surface area contributed by atoms with Gasteiger partial charge in [0.2, 0.25) is 12.7 Å². The summed E-state index contributed by atoms with van der Waals surface area (Å²) in [6, 6.07) is 19.6. The number of carbonyl (C=O) groups is 1. The van der Waals surface area contributed by atoms with Gasteiger partial charge in [-0.2, -0.15) is 0 Å². The van der Waals surface area contributed by atoms with Crippen LogP contribution < -0.4 is 14.8 Å². The van der Waals surface area contributed by atoms with Crippen LogP contribution in [0.15, 0.2) is 60.7 Å². The van der Waals surface area contributed by atoms with Crippen LogP contribution in [0.4, 0.5) is 5.69 Å². The number of anilines is 1. The van der Waals surface area contributed by atoms with E-state index in [2.05, 4.69) is 5.32 Å². The number of benzene rings is 3. The van der Waals surface area contributed by atoms with Gasteiger partial charge in [0.1, 0.15) is 0 Å². The highest BCUT2D eigenvalue weighted by Crippen LogP contribution is 2.51. The second kappa shape index (κ2) is 7.18. The highest BCUT2D eigenvalue weighted by atomic mass is 16.7. The van der Waals surface area contributed by atoms with Gasteiger partial charge in [-0.05, 0) is 65.8 Å². The zero-order valence-electron chi connectivity index (χ0n) is 16.8. The largest absolute Gasteiger partial charge is 0.454 e. The number of rotatable bonds is 5. The summed E-state index contributed by atoms with van der Waals surface area (Å²) in [7, 11) is 0. The molecule has 0 radical (unpaired) electrons. The lowest BCUT2D eigenvalue weighted by atomic mass is 9.94. The maximum Gasteiger partial charge on any atom is 0.235 e. The van der Waals surface area contributed by atoms with Gasteiger partial charge in [0.05, 0.1) is 12.0 Å². The number of ether oxygens (including phenoxy) is 2. The number of nitrogens with one attached hydrogen (secondary N) is 1. The molecule has 0 bridgehead atoms. The molecule has 30 heavy (non-hydrogen) atoms. The Morgan fingerprint density at radius 2 is 1.70 bits per heavy atom. The molecule has 3 aromatic carbocycles. The zero-order valence-corrected chi connectivity index (χ0v) is 16.8. The molecule has 1 heterocycles. The Labute approximate surface area is 175 Å². The number of hydrogen-bond donors (Lipinski definition) is 2. The molecule has 1 fully saturated rings. The third kappa shape index (κ3) is 3.21. The molecule has 2 N–H and O–H groups in total. The van der Waals surface area contributed by atoms with E-state index in [1.807, 2.05) is 67.6 Å². The minimum atomic E-state index is -0.508. The van der Waals surface area contributed by atoms with Crippen LogP contribution in [0, 0.1) is 6.92 Å². The first-order valence-electron chi connectivity index (χ1n) is 10.1. The Bertz CT molecular complexity index is 1120. The molecule has 1 aliphatic carbocycles. The fraction of sp³-hybridized carbons (Fsp3) is 0.240. The fourth-order valence-corrected chi connectivity index (χ4v) is 3.95. The molecule has 2 aliphatic rings. The molecule has 3 aromatic rings. The summed E-state index contributed by atoms with van der Waals surface area (Å²) in [5.74, 6) is 1.44. The number of aliphatic hydroxyl groups excluding tert-OH is 1. The van der Waals surface area contributed by atoms with Crippen molar-refractivity contribution in [2.45, 2.75) is 31.8 Å². The third-order valence-electron chi connectivity index (χ3n) is 6.07. The summed E-state index contributed by atoms with van der Waals surface area (Å²) < 4.78 is 10.9. The van der Waals surface area contributed by atoms with Crippen molar-refractivity contribution in [1.82, 2.24) is 0 Å². The fourth-order valence-electron chi connectivity index (χ4n) is 3.95. The minimum Gasteiger partial charge on any atom is -0.454 e. The standard InChI is InChI=1S/C25H23NO4/c1-16-2-5-19(18-6-3-17(14-27)4-7-18)12-21(16)26-24(28)25(10-11-25)20-8-9-22-23(13-20)30-15-29-22/h2-9,12-13,27H,10-11,14-15H2,1H3,(H,26,28). The Balaban J connectivity index is 1.40. The molecule has 0 unspecified atom stereocenters. The average Bonchev–Trinajstić information content (AvgIpc) is 3.46. The predicted molar refractivity (Wildman–Crippen MR) is 115 cm³/mol. The molecule has 1 saturated carbocycles. The number of aliphatic hydroxyl groups is 1. The van der Waals surface area contributed by atoms with E-state index in [9.17, 15) is 9.90 Å². The van der Waals surface area contributed by atoms with Gasteiger partial charge in [-0.15, -0.1) is 0 Å². The van der Waals surface area contributed by atoms with Crippen molar-refractivity contribution < 1.29 is 19.4 Å². The zero-order chi connectivity index (χ0) is 20.7. The van der Waals surface area contributed by atoms with Crippen molar-refractivity contribution in [3.05, 3.63) is 77.4 Å². The van der Waals surface area contributed by atoms with Crippen molar-refractivity contribution in [2.24, 2.45) is 0 Å². The predicted octanol–water partition coefficient (Wildman–Crippen LogP) is 4.55. The van der Waals surface area contributed by atoms with Crippen LogP contribution in [0.3, 0.4) is 0 Å². The van der Waals surface area contributed by atoms with Crippen molar-refractivity contribution >= 4 is 11.6 Å². The van der Waals surface area contributed by atoms with E-state index >= 15 is 0 Å². The van der Waals surface area contributed by atoms with E-state index in [1.165, 1.54) is 0 Å². The minimum absolute atomic E-state index is 0.0113. The molecule has 0 atom stereocenters. The van der Waals surface area contributed by atoms with Gasteiger partial charge in [0, 0.05) is 5.69 Å². The average molecular weight is 401 g/mol. The van der Waals surface area contributed by atoms with E-state index in [0.717, 1.165) is 52.1 Å². The molecule has 5 rings (SSSR count). The topological polar surface area (TPSA) is 67.8 Å². The molecule has 0 aromatic heterocycles. The first-order chi connectivity index (χ1) is 14.6. The van der Waals surface area contributed by atoms with E-state index < -0.39 is 5.41 Å². The summed E-state index contributed by atoms with van der Waals surface area (Å²) in [6.07, 6.45) is 1.64. The summed E-state index contributed by atoms with van der Waals surface area (Å²) in [5.41, 5.74) is 5.23. The Hall–Kier alpha value is -3.31. The molecule has 0 spiro atoms. The van der Waals surface area contributed by atoms with Gasteiger partial charge >= 0.3 is 0 Å². The van der Waals surface area contributed by atoms with Gasteiger partial charge in [0.15, 0.2) is 11.5 Å². The molecule has 1 amide bonds. The monoisotopic (exact) mass is 401 g/mol. The van der Waals surface area contributed by atoms with Crippen LogP contribution >= 0.6 is 0 Å². The van der Waals surface area contributed by atoms with Crippen molar-refractivity contribution in [2.75, 3.05) is 12.1 Å². The SMILES string of the molecule is Cc1ccc(-c2ccc(CO)cc2)cc1NC(=O)C1(c2ccc3c(c2)OCO3)CC1. The van der Waals surface area contributed by atoms with Gasteiger partial charge < -0.3 is 19.9 Å². The molecule has 152 valence electrons. The highest BCUT2D eigenvalue weighted by molar-refractivity contribution is 6.02. The van der Waals surface area contributed by atoms with Crippen LogP contribution in [-0.4, -0.2) is 17.8 Å². The molecule has 1 aliphatic heterocycles. The van der Waals surface area contributed by atoms with Crippen molar-refractivity contribution in [3.8, 4) is 22.6 Å². The van der Waals surface area contributed by atoms with Gasteiger partial charge in [-0.3, -0.25) is 4.79 Å². The molecular formula is C25H23NO4. The summed E-state index contributed by atoms with van der Waals surface area (Å²) in [6.45, 7) is 2.25. The first-order valence-corrected chi connectivity index (χ1v) is 10.1. The molecule has 5 nitrogen and oxygen atoms in total. The summed E-state index contributed by atoms with van der Waals surface area (Å²) in [4.78, 5) is 13.3.